The maximum atomic E-state index is 12.8. The minimum Gasteiger partial charge on any atom is -0.381 e. The number of anilines is 1. The van der Waals surface area contributed by atoms with Gasteiger partial charge < -0.3 is 19.5 Å². The third-order valence-electron chi connectivity index (χ3n) is 7.98. The van der Waals surface area contributed by atoms with Gasteiger partial charge in [0.25, 0.3) is 0 Å². The molecule has 1 aromatic carbocycles. The molecule has 1 amide bonds. The highest BCUT2D eigenvalue weighted by Gasteiger charge is 2.30. The summed E-state index contributed by atoms with van der Waals surface area (Å²) < 4.78 is 8.05. The molecule has 6 nitrogen and oxygen atoms in total. The van der Waals surface area contributed by atoms with Gasteiger partial charge in [-0.3, -0.25) is 4.79 Å². The Kier molecular flexibility index (Phi) is 6.40. The van der Waals surface area contributed by atoms with Gasteiger partial charge in [-0.25, -0.2) is 4.98 Å². The van der Waals surface area contributed by atoms with Crippen LogP contribution in [-0.2, 0) is 16.1 Å². The van der Waals surface area contributed by atoms with Crippen LogP contribution in [0, 0.1) is 25.7 Å². The molecule has 0 radical (unpaired) electrons. The monoisotopic (exact) mass is 438 g/mol. The van der Waals surface area contributed by atoms with E-state index in [4.69, 9.17) is 9.72 Å². The highest BCUT2D eigenvalue weighted by atomic mass is 16.5. The number of carbonyl (C=O) groups is 1. The maximum absolute atomic E-state index is 12.8. The summed E-state index contributed by atoms with van der Waals surface area (Å²) in [4.78, 5) is 20.3. The third kappa shape index (κ3) is 4.52. The molecule has 2 aliphatic heterocycles. The Bertz CT molecular complexity index is 948. The molecule has 1 aromatic heterocycles. The van der Waals surface area contributed by atoms with E-state index in [2.05, 4.69) is 40.8 Å². The second-order valence-electron chi connectivity index (χ2n) is 10.3. The second-order valence-corrected chi connectivity index (χ2v) is 10.3. The molecule has 3 fully saturated rings. The number of benzene rings is 1. The Hall–Kier alpha value is -2.08. The van der Waals surface area contributed by atoms with Gasteiger partial charge in [-0.05, 0) is 81.5 Å². The number of rotatable bonds is 5. The predicted octanol–water partition coefficient (Wildman–Crippen LogP) is 4.35. The van der Waals surface area contributed by atoms with Gasteiger partial charge in [0.1, 0.15) is 0 Å². The van der Waals surface area contributed by atoms with Crippen molar-refractivity contribution in [2.45, 2.75) is 77.8 Å². The van der Waals surface area contributed by atoms with Crippen LogP contribution in [-0.4, -0.2) is 47.8 Å². The van der Waals surface area contributed by atoms with Crippen LogP contribution in [0.2, 0.25) is 0 Å². The Morgan fingerprint density at radius 3 is 2.44 bits per heavy atom. The molecule has 32 heavy (non-hydrogen) atoms. The highest BCUT2D eigenvalue weighted by molar-refractivity contribution is 5.81. The van der Waals surface area contributed by atoms with Crippen molar-refractivity contribution in [1.82, 2.24) is 14.9 Å². The lowest BCUT2D eigenvalue weighted by Gasteiger charge is -2.33. The molecular weight excluding hydrogens is 400 g/mol. The lowest BCUT2D eigenvalue weighted by atomic mass is 9.95. The fourth-order valence-electron chi connectivity index (χ4n) is 5.71. The highest BCUT2D eigenvalue weighted by Crippen LogP contribution is 2.31. The second kappa shape index (κ2) is 9.42. The number of nitrogens with one attached hydrogen (secondary N) is 1. The van der Waals surface area contributed by atoms with Gasteiger partial charge in [0.2, 0.25) is 11.9 Å². The van der Waals surface area contributed by atoms with Gasteiger partial charge in [0.15, 0.2) is 0 Å². The van der Waals surface area contributed by atoms with Crippen molar-refractivity contribution in [2.75, 3.05) is 31.2 Å². The number of imidazole rings is 1. The smallest absolute Gasteiger partial charge is 0.223 e. The van der Waals surface area contributed by atoms with Crippen LogP contribution in [0.15, 0.2) is 12.1 Å². The normalized spacial score (nSPS) is 21.5. The van der Waals surface area contributed by atoms with Crippen molar-refractivity contribution in [3.05, 3.63) is 23.3 Å². The summed E-state index contributed by atoms with van der Waals surface area (Å²) in [6, 6.07) is 4.95. The van der Waals surface area contributed by atoms with E-state index in [1.165, 1.54) is 29.5 Å². The Balaban J connectivity index is 1.33. The average Bonchev–Trinajstić information content (AvgIpc) is 3.43. The number of piperidine rings is 1. The van der Waals surface area contributed by atoms with E-state index >= 15 is 0 Å². The van der Waals surface area contributed by atoms with Crippen LogP contribution in [0.3, 0.4) is 0 Å². The Morgan fingerprint density at radius 2 is 1.72 bits per heavy atom. The first kappa shape index (κ1) is 21.7. The molecule has 5 rings (SSSR count). The Morgan fingerprint density at radius 1 is 1.03 bits per heavy atom. The van der Waals surface area contributed by atoms with Crippen LogP contribution in [0.4, 0.5) is 5.95 Å². The number of hydrogen-bond donors (Lipinski definition) is 1. The molecule has 1 aliphatic carbocycles. The fourth-order valence-corrected chi connectivity index (χ4v) is 5.71. The number of ether oxygens (including phenoxy) is 1. The molecule has 6 heteroatoms. The molecular formula is C26H38N4O2. The topological polar surface area (TPSA) is 59.4 Å². The van der Waals surface area contributed by atoms with E-state index in [-0.39, 0.29) is 11.8 Å². The largest absolute Gasteiger partial charge is 0.381 e. The van der Waals surface area contributed by atoms with Crippen molar-refractivity contribution in [3.63, 3.8) is 0 Å². The molecule has 2 aromatic rings. The van der Waals surface area contributed by atoms with E-state index in [0.29, 0.717) is 12.0 Å². The van der Waals surface area contributed by atoms with E-state index in [1.807, 2.05) is 0 Å². The number of amides is 1. The minimum absolute atomic E-state index is 0.143. The van der Waals surface area contributed by atoms with Crippen molar-refractivity contribution in [1.29, 1.82) is 0 Å². The zero-order chi connectivity index (χ0) is 22.1. The first-order valence-corrected chi connectivity index (χ1v) is 12.7. The first-order valence-electron chi connectivity index (χ1n) is 12.7. The molecule has 0 bridgehead atoms. The predicted molar refractivity (Wildman–Crippen MR) is 128 cm³/mol. The third-order valence-corrected chi connectivity index (χ3v) is 7.98. The summed E-state index contributed by atoms with van der Waals surface area (Å²) in [5, 5.41) is 3.31. The molecule has 0 atom stereocenters. The van der Waals surface area contributed by atoms with Crippen LogP contribution < -0.4 is 10.2 Å². The van der Waals surface area contributed by atoms with Crippen LogP contribution in [0.5, 0.6) is 0 Å². The fraction of sp³-hybridized carbons (Fsp3) is 0.692. The number of aromatic nitrogens is 2. The summed E-state index contributed by atoms with van der Waals surface area (Å²) in [7, 11) is 0. The van der Waals surface area contributed by atoms with Gasteiger partial charge in [0.05, 0.1) is 11.0 Å². The molecule has 1 saturated carbocycles. The molecule has 3 heterocycles. The molecule has 0 unspecified atom stereocenters. The van der Waals surface area contributed by atoms with E-state index in [0.717, 1.165) is 82.8 Å². The molecule has 174 valence electrons. The van der Waals surface area contributed by atoms with Gasteiger partial charge >= 0.3 is 0 Å². The van der Waals surface area contributed by atoms with E-state index in [1.54, 1.807) is 0 Å². The zero-order valence-electron chi connectivity index (χ0n) is 19.7. The number of hydrogen-bond acceptors (Lipinski definition) is 4. The summed E-state index contributed by atoms with van der Waals surface area (Å²) in [6.45, 7) is 8.89. The summed E-state index contributed by atoms with van der Waals surface area (Å²) in [5.41, 5.74) is 4.95. The quantitative estimate of drug-likeness (QED) is 0.754. The van der Waals surface area contributed by atoms with Crippen molar-refractivity contribution >= 4 is 22.9 Å². The minimum atomic E-state index is 0.143. The lowest BCUT2D eigenvalue weighted by molar-refractivity contribution is -0.126. The zero-order valence-corrected chi connectivity index (χ0v) is 19.7. The van der Waals surface area contributed by atoms with Gasteiger partial charge in [-0.1, -0.05) is 12.8 Å². The van der Waals surface area contributed by atoms with Crippen LogP contribution in [0.25, 0.3) is 11.0 Å². The van der Waals surface area contributed by atoms with E-state index in [9.17, 15) is 4.79 Å². The average molecular weight is 439 g/mol. The first-order chi connectivity index (χ1) is 15.6. The molecule has 3 aliphatic rings. The Labute approximate surface area is 191 Å². The SMILES string of the molecule is Cc1cc2nc(N3CCC(C(=O)NC4CCCC4)CC3)n(CC3CCOCC3)c2cc1C. The van der Waals surface area contributed by atoms with Gasteiger partial charge in [-0.2, -0.15) is 0 Å². The summed E-state index contributed by atoms with van der Waals surface area (Å²) >= 11 is 0. The number of fused-ring (bicyclic) bond motifs is 1. The van der Waals surface area contributed by atoms with Crippen molar-refractivity contribution < 1.29 is 9.53 Å². The molecule has 0 spiro atoms. The standard InChI is InChI=1S/C26H38N4O2/c1-18-15-23-24(16-19(18)2)30(17-20-9-13-32-14-10-20)26(28-23)29-11-7-21(8-12-29)25(31)27-22-5-3-4-6-22/h15-16,20-22H,3-14,17H2,1-2H3,(H,27,31). The van der Waals surface area contributed by atoms with Crippen molar-refractivity contribution in [3.8, 4) is 0 Å². The van der Waals surface area contributed by atoms with E-state index < -0.39 is 0 Å². The molecule has 2 saturated heterocycles. The van der Waals surface area contributed by atoms with Gasteiger partial charge in [-0.15, -0.1) is 0 Å². The number of nitrogens with zero attached hydrogens (tertiary/aromatic N) is 3. The lowest BCUT2D eigenvalue weighted by Crippen LogP contribution is -2.44. The van der Waals surface area contributed by atoms with Crippen LogP contribution in [0.1, 0.15) is 62.5 Å². The number of carbonyl (C=O) groups excluding carboxylic acids is 1. The molecule has 1 N–H and O–H groups in total. The maximum Gasteiger partial charge on any atom is 0.223 e. The van der Waals surface area contributed by atoms with Crippen molar-refractivity contribution in [2.24, 2.45) is 11.8 Å². The summed E-state index contributed by atoms with van der Waals surface area (Å²) in [5.74, 6) is 2.14. The van der Waals surface area contributed by atoms with Gasteiger partial charge in [0, 0.05) is 44.8 Å². The summed E-state index contributed by atoms with van der Waals surface area (Å²) in [6.07, 6.45) is 8.88. The van der Waals surface area contributed by atoms with Crippen LogP contribution >= 0.6 is 0 Å². The number of aryl methyl sites for hydroxylation is 2.